The van der Waals surface area contributed by atoms with E-state index in [1.807, 2.05) is 0 Å². The largest absolute Gasteiger partial charge is 0.301 e. The van der Waals surface area contributed by atoms with Crippen molar-refractivity contribution in [2.75, 3.05) is 6.17 Å². The van der Waals surface area contributed by atoms with E-state index in [0.717, 1.165) is 12.1 Å². The molecule has 0 unspecified atom stereocenters. The predicted octanol–water partition coefficient (Wildman–Crippen LogP) is 2.74. The van der Waals surface area contributed by atoms with Crippen molar-refractivity contribution >= 4 is 9.52 Å². The van der Waals surface area contributed by atoms with Crippen LogP contribution in [0.4, 0.5) is 0 Å². The van der Waals surface area contributed by atoms with E-state index in [0.29, 0.717) is 0 Å². The first-order chi connectivity index (χ1) is 7.42. The summed E-state index contributed by atoms with van der Waals surface area (Å²) in [4.78, 5) is 2.95. The van der Waals surface area contributed by atoms with Gasteiger partial charge in [0.25, 0.3) is 0 Å². The molecule has 2 aliphatic carbocycles. The molecule has 0 saturated heterocycles. The Labute approximate surface area is 97.4 Å². The van der Waals surface area contributed by atoms with Crippen molar-refractivity contribution in [2.45, 2.75) is 76.4 Å². The van der Waals surface area contributed by atoms with Gasteiger partial charge in [0, 0.05) is 21.6 Å². The maximum absolute atomic E-state index is 2.95. The Bertz CT molecular complexity index is 155. The smallest absolute Gasteiger partial charge is 0.0366 e. The lowest BCUT2D eigenvalue weighted by molar-refractivity contribution is 0.164. The van der Waals surface area contributed by atoms with E-state index in [2.05, 4.69) is 11.8 Å². The van der Waals surface area contributed by atoms with Crippen molar-refractivity contribution in [3.63, 3.8) is 0 Å². The van der Waals surface area contributed by atoms with Crippen molar-refractivity contribution in [3.05, 3.63) is 0 Å². The van der Waals surface area contributed by atoms with Crippen LogP contribution >= 0.6 is 0 Å². The minimum absolute atomic E-state index is 0.233. The van der Waals surface area contributed by atoms with Gasteiger partial charge >= 0.3 is 0 Å². The number of rotatable bonds is 5. The van der Waals surface area contributed by atoms with Crippen LogP contribution in [0.1, 0.15) is 58.3 Å². The third-order valence-corrected chi connectivity index (χ3v) is 5.90. The third-order valence-electron chi connectivity index (χ3n) is 4.36. The highest BCUT2D eigenvalue weighted by atomic mass is 28.2. The Hall–Kier alpha value is 0.177. The lowest BCUT2D eigenvalue weighted by atomic mass is 10.1. The fourth-order valence-electron chi connectivity index (χ4n) is 3.48. The van der Waals surface area contributed by atoms with Crippen LogP contribution < -0.4 is 0 Å². The van der Waals surface area contributed by atoms with Crippen molar-refractivity contribution in [3.8, 4) is 0 Å². The summed E-state index contributed by atoms with van der Waals surface area (Å²) in [5.74, 6) is 0. The molecule has 0 spiro atoms. The minimum atomic E-state index is 0.233. The molecule has 0 aromatic rings. The van der Waals surface area contributed by atoms with E-state index < -0.39 is 0 Å². The molecule has 15 heavy (non-hydrogen) atoms. The normalized spacial score (nSPS) is 25.2. The Kier molecular flexibility index (Phi) is 4.70. The first-order valence-electron chi connectivity index (χ1n) is 7.17. The second kappa shape index (κ2) is 6.05. The first-order valence-corrected chi connectivity index (χ1v) is 9.17. The Morgan fingerprint density at radius 1 is 0.933 bits per heavy atom. The molecule has 2 saturated carbocycles. The van der Waals surface area contributed by atoms with Crippen LogP contribution in [0.2, 0.25) is 6.04 Å². The molecule has 0 heterocycles. The highest BCUT2D eigenvalue weighted by molar-refractivity contribution is 6.35. The molecule has 88 valence electrons. The summed E-state index contributed by atoms with van der Waals surface area (Å²) >= 11 is 0. The van der Waals surface area contributed by atoms with E-state index in [4.69, 9.17) is 0 Å². The molecule has 0 amide bonds. The molecule has 2 fully saturated rings. The highest BCUT2D eigenvalue weighted by Gasteiger charge is 2.29. The van der Waals surface area contributed by atoms with Crippen molar-refractivity contribution < 1.29 is 0 Å². The molecule has 2 heteroatoms. The third kappa shape index (κ3) is 3.07. The number of hydrogen-bond acceptors (Lipinski definition) is 1. The van der Waals surface area contributed by atoms with Gasteiger partial charge in [-0.3, -0.25) is 0 Å². The van der Waals surface area contributed by atoms with E-state index in [1.165, 1.54) is 63.6 Å². The van der Waals surface area contributed by atoms with Crippen LogP contribution in [-0.2, 0) is 0 Å². The molecule has 0 aromatic heterocycles. The molecule has 1 nitrogen and oxygen atoms in total. The van der Waals surface area contributed by atoms with Gasteiger partial charge in [-0.2, -0.15) is 0 Å². The Morgan fingerprint density at radius 2 is 1.40 bits per heavy atom. The van der Waals surface area contributed by atoms with Crippen LogP contribution in [0.3, 0.4) is 0 Å². The second-order valence-electron chi connectivity index (χ2n) is 5.47. The monoisotopic (exact) mass is 225 g/mol. The first kappa shape index (κ1) is 11.7. The van der Waals surface area contributed by atoms with Gasteiger partial charge < -0.3 is 4.90 Å². The van der Waals surface area contributed by atoms with Gasteiger partial charge in [0.1, 0.15) is 0 Å². The Morgan fingerprint density at radius 3 is 1.80 bits per heavy atom. The van der Waals surface area contributed by atoms with Gasteiger partial charge in [0.05, 0.1) is 0 Å². The van der Waals surface area contributed by atoms with Crippen LogP contribution in [0.5, 0.6) is 0 Å². The molecular formula is C13H27NSi. The van der Waals surface area contributed by atoms with Gasteiger partial charge in [-0.05, 0) is 31.9 Å². The maximum Gasteiger partial charge on any atom is 0.0366 e. The van der Waals surface area contributed by atoms with Crippen LogP contribution in [0, 0.1) is 0 Å². The summed E-state index contributed by atoms with van der Waals surface area (Å²) in [6.07, 6.45) is 13.6. The van der Waals surface area contributed by atoms with E-state index >= 15 is 0 Å². The van der Waals surface area contributed by atoms with Crippen LogP contribution in [-0.4, -0.2) is 32.7 Å². The number of hydrogen-bond donors (Lipinski definition) is 0. The van der Waals surface area contributed by atoms with Crippen molar-refractivity contribution in [2.24, 2.45) is 0 Å². The van der Waals surface area contributed by atoms with Gasteiger partial charge in [-0.25, -0.2) is 0 Å². The van der Waals surface area contributed by atoms with Gasteiger partial charge in [-0.1, -0.05) is 38.7 Å². The van der Waals surface area contributed by atoms with Crippen molar-refractivity contribution in [1.82, 2.24) is 4.90 Å². The van der Waals surface area contributed by atoms with E-state index in [1.54, 1.807) is 0 Å². The molecular weight excluding hydrogens is 198 g/mol. The zero-order valence-corrected chi connectivity index (χ0v) is 11.8. The van der Waals surface area contributed by atoms with Crippen LogP contribution in [0.25, 0.3) is 0 Å². The summed E-state index contributed by atoms with van der Waals surface area (Å²) < 4.78 is 0. The fourth-order valence-corrected chi connectivity index (χ4v) is 4.89. The van der Waals surface area contributed by atoms with Crippen LogP contribution in [0.15, 0.2) is 0 Å². The summed E-state index contributed by atoms with van der Waals surface area (Å²) in [7, 11) is 0.233. The van der Waals surface area contributed by atoms with Crippen molar-refractivity contribution in [1.29, 1.82) is 0 Å². The van der Waals surface area contributed by atoms with E-state index in [-0.39, 0.29) is 9.52 Å². The standard InChI is InChI=1S/C13H27NSi/c1-2-15-11-14(12-7-3-4-8-12)13-9-5-6-10-13/h12-13H,2-11,15H2,1H3. The summed E-state index contributed by atoms with van der Waals surface area (Å²) in [6.45, 7) is 2.38. The number of nitrogens with zero attached hydrogens (tertiary/aromatic N) is 1. The van der Waals surface area contributed by atoms with E-state index in [9.17, 15) is 0 Å². The molecule has 0 aromatic carbocycles. The van der Waals surface area contributed by atoms with Gasteiger partial charge in [0.2, 0.25) is 0 Å². The molecule has 0 radical (unpaired) electrons. The molecule has 2 rings (SSSR count). The Balaban J connectivity index is 1.88. The fraction of sp³-hybridized carbons (Fsp3) is 1.00. The molecule has 0 atom stereocenters. The quantitative estimate of drug-likeness (QED) is 0.650. The zero-order chi connectivity index (χ0) is 10.5. The summed E-state index contributed by atoms with van der Waals surface area (Å²) in [6, 6.07) is 3.48. The highest BCUT2D eigenvalue weighted by Crippen LogP contribution is 2.31. The minimum Gasteiger partial charge on any atom is -0.301 e. The molecule has 2 aliphatic rings. The maximum atomic E-state index is 2.95. The lowest BCUT2D eigenvalue weighted by Crippen LogP contribution is -2.43. The van der Waals surface area contributed by atoms with Gasteiger partial charge in [0.15, 0.2) is 0 Å². The summed E-state index contributed by atoms with van der Waals surface area (Å²) in [5.41, 5.74) is 0. The second-order valence-corrected chi connectivity index (χ2v) is 7.62. The SMILES string of the molecule is CC[SiH2]CN(C1CCCC1)C1CCCC1. The summed E-state index contributed by atoms with van der Waals surface area (Å²) in [5, 5.41) is 0. The average Bonchev–Trinajstić information content (AvgIpc) is 2.90. The molecule has 0 aliphatic heterocycles. The average molecular weight is 225 g/mol. The molecule has 0 N–H and O–H groups in total. The topological polar surface area (TPSA) is 3.24 Å². The lowest BCUT2D eigenvalue weighted by Gasteiger charge is -2.34. The molecule has 0 bridgehead atoms. The van der Waals surface area contributed by atoms with Gasteiger partial charge in [-0.15, -0.1) is 0 Å². The predicted molar refractivity (Wildman–Crippen MR) is 70.2 cm³/mol. The zero-order valence-electron chi connectivity index (χ0n) is 10.4.